The first-order chi connectivity index (χ1) is 10.1. The van der Waals surface area contributed by atoms with Crippen LogP contribution in [0.1, 0.15) is 15.9 Å². The van der Waals surface area contributed by atoms with Crippen LogP contribution in [0.3, 0.4) is 0 Å². The Balaban J connectivity index is 2.19. The zero-order valence-electron chi connectivity index (χ0n) is 11.2. The van der Waals surface area contributed by atoms with Gasteiger partial charge in [0.25, 0.3) is 5.91 Å². The average molecular weight is 323 g/mol. The van der Waals surface area contributed by atoms with E-state index in [0.717, 1.165) is 5.56 Å². The molecule has 1 fully saturated rings. The number of nitrogens with zero attached hydrogens (tertiary/aromatic N) is 1. The molecule has 5 nitrogen and oxygen atoms in total. The summed E-state index contributed by atoms with van der Waals surface area (Å²) in [6.45, 7) is 0.0663. The van der Waals surface area contributed by atoms with Gasteiger partial charge in [-0.25, -0.2) is 4.79 Å². The number of rotatable bonds is 4. The van der Waals surface area contributed by atoms with E-state index in [1.165, 1.54) is 23.8 Å². The van der Waals surface area contributed by atoms with Crippen molar-refractivity contribution >= 4 is 46.3 Å². The lowest BCUT2D eigenvalue weighted by Crippen LogP contribution is -2.30. The summed E-state index contributed by atoms with van der Waals surface area (Å²) in [7, 11) is 1.32. The Kier molecular flexibility index (Phi) is 5.11. The lowest BCUT2D eigenvalue weighted by atomic mass is 10.1. The average Bonchev–Trinajstić information content (AvgIpc) is 2.75. The number of carbonyl (C=O) groups is 2. The van der Waals surface area contributed by atoms with E-state index in [1.807, 2.05) is 0 Å². The highest BCUT2D eigenvalue weighted by molar-refractivity contribution is 8.26. The molecule has 1 saturated heterocycles. The van der Waals surface area contributed by atoms with E-state index in [0.29, 0.717) is 14.8 Å². The molecule has 110 valence electrons. The fourth-order valence-electron chi connectivity index (χ4n) is 1.78. The van der Waals surface area contributed by atoms with E-state index in [4.69, 9.17) is 17.3 Å². The third kappa shape index (κ3) is 3.49. The number of thiocarbonyl (C=S) groups is 1. The normalized spacial score (nSPS) is 16.7. The van der Waals surface area contributed by atoms with E-state index in [2.05, 4.69) is 4.74 Å². The highest BCUT2D eigenvalue weighted by Gasteiger charge is 2.31. The minimum atomic E-state index is -0.407. The highest BCUT2D eigenvalue weighted by Crippen LogP contribution is 2.32. The van der Waals surface area contributed by atoms with Crippen LogP contribution in [0.4, 0.5) is 0 Å². The molecule has 1 aliphatic rings. The molecule has 0 aliphatic carbocycles. The van der Waals surface area contributed by atoms with Gasteiger partial charge < -0.3 is 9.84 Å². The summed E-state index contributed by atoms with van der Waals surface area (Å²) in [5.74, 6) is -0.619. The Morgan fingerprint density at radius 3 is 2.67 bits per heavy atom. The van der Waals surface area contributed by atoms with Crippen molar-refractivity contribution in [3.05, 3.63) is 40.3 Å². The monoisotopic (exact) mass is 323 g/mol. The van der Waals surface area contributed by atoms with Gasteiger partial charge in [0.05, 0.1) is 30.7 Å². The van der Waals surface area contributed by atoms with E-state index in [1.54, 1.807) is 30.3 Å². The largest absolute Gasteiger partial charge is 0.465 e. The highest BCUT2D eigenvalue weighted by atomic mass is 32.2. The van der Waals surface area contributed by atoms with E-state index in [9.17, 15) is 9.59 Å². The van der Waals surface area contributed by atoms with E-state index in [-0.39, 0.29) is 19.1 Å². The maximum atomic E-state index is 12.1. The standard InChI is InChI=1S/C14H13NO4S2/c1-19-13(18)10-4-2-9(3-5-10)8-11-12(17)15(6-7-16)14(20)21-11/h2-5,8,16H,6-7H2,1H3/b11-8-. The first-order valence-corrected chi connectivity index (χ1v) is 7.34. The second kappa shape index (κ2) is 6.84. The second-order valence-corrected chi connectivity index (χ2v) is 5.85. The molecule has 1 aromatic carbocycles. The lowest BCUT2D eigenvalue weighted by molar-refractivity contribution is -0.122. The third-order valence-electron chi connectivity index (χ3n) is 2.83. The van der Waals surface area contributed by atoms with Crippen molar-refractivity contribution in [2.24, 2.45) is 0 Å². The molecule has 21 heavy (non-hydrogen) atoms. The van der Waals surface area contributed by atoms with Gasteiger partial charge in [-0.2, -0.15) is 0 Å². The number of aliphatic hydroxyl groups excluding tert-OH is 1. The molecular weight excluding hydrogens is 310 g/mol. The number of β-amino-alcohol motifs (C(OH)–C–C–N with tert-alkyl or cyclic N) is 1. The SMILES string of the molecule is COC(=O)c1ccc(/C=C2\SC(=S)N(CCO)C2=O)cc1. The van der Waals surface area contributed by atoms with Crippen molar-refractivity contribution in [2.45, 2.75) is 0 Å². The Morgan fingerprint density at radius 2 is 2.10 bits per heavy atom. The summed E-state index contributed by atoms with van der Waals surface area (Å²) in [4.78, 5) is 25.3. The van der Waals surface area contributed by atoms with Crippen LogP contribution in [0.2, 0.25) is 0 Å². The van der Waals surface area contributed by atoms with Crippen molar-refractivity contribution in [2.75, 3.05) is 20.3 Å². The molecule has 0 unspecified atom stereocenters. The Labute approximate surface area is 131 Å². The minimum absolute atomic E-state index is 0.131. The van der Waals surface area contributed by atoms with E-state index < -0.39 is 5.97 Å². The zero-order chi connectivity index (χ0) is 15.4. The molecule has 1 heterocycles. The van der Waals surface area contributed by atoms with Gasteiger partial charge >= 0.3 is 5.97 Å². The van der Waals surface area contributed by atoms with E-state index >= 15 is 0 Å². The number of aliphatic hydroxyl groups is 1. The molecule has 1 aromatic rings. The molecule has 0 aromatic heterocycles. The molecule has 1 aliphatic heterocycles. The number of amides is 1. The third-order valence-corrected chi connectivity index (χ3v) is 4.20. The number of thioether (sulfide) groups is 1. The van der Waals surface area contributed by atoms with Crippen LogP contribution >= 0.6 is 24.0 Å². The maximum Gasteiger partial charge on any atom is 0.337 e. The molecule has 0 atom stereocenters. The van der Waals surface area contributed by atoms with Gasteiger partial charge in [-0.1, -0.05) is 36.1 Å². The van der Waals surface area contributed by atoms with Crippen LogP contribution in [0, 0.1) is 0 Å². The number of hydrogen-bond donors (Lipinski definition) is 1. The number of hydrogen-bond acceptors (Lipinski definition) is 6. The van der Waals surface area contributed by atoms with Crippen LogP contribution in [0.25, 0.3) is 6.08 Å². The van der Waals surface area contributed by atoms with Gasteiger partial charge in [-0.05, 0) is 23.8 Å². The zero-order valence-corrected chi connectivity index (χ0v) is 12.9. The summed E-state index contributed by atoms with van der Waals surface area (Å²) in [5.41, 5.74) is 1.23. The van der Waals surface area contributed by atoms with Crippen LogP contribution in [0.15, 0.2) is 29.2 Å². The first-order valence-electron chi connectivity index (χ1n) is 6.11. The number of methoxy groups -OCH3 is 1. The number of benzene rings is 1. The quantitative estimate of drug-likeness (QED) is 0.516. The predicted molar refractivity (Wildman–Crippen MR) is 84.7 cm³/mol. The van der Waals surface area contributed by atoms with Crippen LogP contribution < -0.4 is 0 Å². The van der Waals surface area contributed by atoms with Gasteiger partial charge in [0.1, 0.15) is 4.32 Å². The van der Waals surface area contributed by atoms with Crippen LogP contribution in [0.5, 0.6) is 0 Å². The number of carbonyl (C=O) groups excluding carboxylic acids is 2. The summed E-state index contributed by atoms with van der Waals surface area (Å²) in [5, 5.41) is 8.92. The smallest absolute Gasteiger partial charge is 0.337 e. The fourth-order valence-corrected chi connectivity index (χ4v) is 3.09. The molecule has 0 saturated carbocycles. The summed E-state index contributed by atoms with van der Waals surface area (Å²) < 4.78 is 5.06. The Bertz CT molecular complexity index is 610. The van der Waals surface area contributed by atoms with Crippen LogP contribution in [-0.4, -0.2) is 46.5 Å². The van der Waals surface area contributed by atoms with Crippen molar-refractivity contribution in [3.63, 3.8) is 0 Å². The van der Waals surface area contributed by atoms with Gasteiger partial charge in [-0.3, -0.25) is 9.69 Å². The summed E-state index contributed by atoms with van der Waals surface area (Å²) in [6.07, 6.45) is 1.71. The van der Waals surface area contributed by atoms with Crippen molar-refractivity contribution in [3.8, 4) is 0 Å². The Hall–Kier alpha value is -1.70. The second-order valence-electron chi connectivity index (χ2n) is 4.17. The lowest BCUT2D eigenvalue weighted by Gasteiger charge is -2.11. The predicted octanol–water partition coefficient (Wildman–Crippen LogP) is 1.67. The number of ether oxygens (including phenoxy) is 1. The van der Waals surface area contributed by atoms with Crippen molar-refractivity contribution in [1.82, 2.24) is 4.90 Å². The molecule has 1 amide bonds. The summed E-state index contributed by atoms with van der Waals surface area (Å²) >= 11 is 6.30. The van der Waals surface area contributed by atoms with Crippen LogP contribution in [-0.2, 0) is 9.53 Å². The Morgan fingerprint density at radius 1 is 1.43 bits per heavy atom. The van der Waals surface area contributed by atoms with Gasteiger partial charge in [0.15, 0.2) is 0 Å². The number of esters is 1. The fraction of sp³-hybridized carbons (Fsp3) is 0.214. The maximum absolute atomic E-state index is 12.1. The molecule has 0 radical (unpaired) electrons. The van der Waals surface area contributed by atoms with Crippen molar-refractivity contribution in [1.29, 1.82) is 0 Å². The molecule has 0 bridgehead atoms. The molecule has 7 heteroatoms. The summed E-state index contributed by atoms with van der Waals surface area (Å²) in [6, 6.07) is 6.72. The topological polar surface area (TPSA) is 66.8 Å². The minimum Gasteiger partial charge on any atom is -0.465 e. The molecule has 1 N–H and O–H groups in total. The molecular formula is C14H13NO4S2. The van der Waals surface area contributed by atoms with Crippen molar-refractivity contribution < 1.29 is 19.4 Å². The first kappa shape index (κ1) is 15.7. The van der Waals surface area contributed by atoms with Gasteiger partial charge in [0.2, 0.25) is 0 Å². The van der Waals surface area contributed by atoms with Gasteiger partial charge in [-0.15, -0.1) is 0 Å². The molecule has 2 rings (SSSR count). The molecule has 0 spiro atoms. The van der Waals surface area contributed by atoms with Gasteiger partial charge in [0, 0.05) is 0 Å².